The van der Waals surface area contributed by atoms with E-state index in [1.54, 1.807) is 0 Å². The van der Waals surface area contributed by atoms with Gasteiger partial charge in [-0.25, -0.2) is 4.98 Å². The van der Waals surface area contributed by atoms with Gasteiger partial charge in [0.1, 0.15) is 4.60 Å². The van der Waals surface area contributed by atoms with Crippen LogP contribution in [0.3, 0.4) is 0 Å². The Balaban J connectivity index is 3.03. The molecule has 0 aliphatic carbocycles. The average Bonchev–Trinajstić information content (AvgIpc) is 2.01. The Kier molecular flexibility index (Phi) is 1.24. The minimum atomic E-state index is -2.58. The molecule has 0 unspecified atom stereocenters. The Morgan fingerprint density at radius 3 is 3.30 bits per heavy atom. The van der Waals surface area contributed by atoms with E-state index in [1.807, 2.05) is 0 Å². The predicted molar refractivity (Wildman–Crippen MR) is 41.9 cm³/mol. The lowest BCUT2D eigenvalue weighted by Gasteiger charge is -1.92. The fourth-order valence-corrected chi connectivity index (χ4v) is 0.909. The number of hydrogen-bond acceptors (Lipinski definition) is 2. The van der Waals surface area contributed by atoms with Gasteiger partial charge in [0.05, 0.1) is 0 Å². The van der Waals surface area contributed by atoms with Crippen molar-refractivity contribution in [1.29, 1.82) is 0 Å². The first-order chi connectivity index (χ1) is 5.91. The van der Waals surface area contributed by atoms with E-state index in [1.165, 1.54) is 18.3 Å². The van der Waals surface area contributed by atoms with Crippen molar-refractivity contribution in [3.8, 4) is 0 Å². The monoisotopic (exact) mass is 202 g/mol. The second-order valence-corrected chi connectivity index (χ2v) is 2.51. The number of carbonyl (C=O) groups excluding carboxylic acids is 1. The van der Waals surface area contributed by atoms with E-state index in [2.05, 4.69) is 20.9 Å². The van der Waals surface area contributed by atoms with E-state index in [4.69, 9.17) is 4.11 Å². The Morgan fingerprint density at radius 2 is 2.70 bits per heavy atom. The zero-order valence-corrected chi connectivity index (χ0v) is 6.55. The number of nitrogens with zero attached hydrogens (tertiary/aromatic N) is 1. The molecule has 10 heavy (non-hydrogen) atoms. The van der Waals surface area contributed by atoms with E-state index in [9.17, 15) is 4.79 Å². The molecule has 0 N–H and O–H groups in total. The third-order valence-corrected chi connectivity index (χ3v) is 1.42. The van der Waals surface area contributed by atoms with Crippen LogP contribution in [0.15, 0.2) is 22.9 Å². The molecule has 0 atom stereocenters. The molecule has 0 spiro atoms. The number of carbonyl (C=O) groups is 1. The Hall–Kier alpha value is -0.700. The Bertz CT molecular complexity index is 337. The molecule has 0 saturated heterocycles. The second-order valence-electron chi connectivity index (χ2n) is 1.70. The first-order valence-corrected chi connectivity index (χ1v) is 3.37. The van der Waals surface area contributed by atoms with Gasteiger partial charge < -0.3 is 0 Å². The molecular formula is C7H6BrNO. The lowest BCUT2D eigenvalue weighted by Crippen LogP contribution is -1.91. The van der Waals surface area contributed by atoms with Gasteiger partial charge in [-0.2, -0.15) is 0 Å². The molecule has 2 nitrogen and oxygen atoms in total. The van der Waals surface area contributed by atoms with Gasteiger partial charge in [0.15, 0.2) is 5.78 Å². The zero-order valence-electron chi connectivity index (χ0n) is 7.97. The van der Waals surface area contributed by atoms with E-state index in [-0.39, 0.29) is 5.56 Å². The summed E-state index contributed by atoms with van der Waals surface area (Å²) in [7, 11) is 0. The zero-order chi connectivity index (χ0) is 10.1. The van der Waals surface area contributed by atoms with Crippen LogP contribution in [0.4, 0.5) is 0 Å². The summed E-state index contributed by atoms with van der Waals surface area (Å²) in [5.74, 6) is -0.865. The molecule has 0 aromatic carbocycles. The Morgan fingerprint density at radius 1 is 1.90 bits per heavy atom. The van der Waals surface area contributed by atoms with Gasteiger partial charge in [0.2, 0.25) is 0 Å². The highest BCUT2D eigenvalue weighted by Crippen LogP contribution is 2.07. The molecule has 1 aromatic heterocycles. The molecule has 1 heterocycles. The first kappa shape index (κ1) is 4.23. The fraction of sp³-hybridized carbons (Fsp3) is 0.143. The number of halogens is 1. The quantitative estimate of drug-likeness (QED) is 0.516. The molecule has 0 fully saturated rings. The molecule has 1 aromatic rings. The average molecular weight is 203 g/mol. The predicted octanol–water partition coefficient (Wildman–Crippen LogP) is 2.05. The molecule has 0 amide bonds. The lowest BCUT2D eigenvalue weighted by molar-refractivity contribution is 0.101. The lowest BCUT2D eigenvalue weighted by atomic mass is 10.2. The maximum atomic E-state index is 11.2. The summed E-state index contributed by atoms with van der Waals surface area (Å²) in [4.78, 5) is 15.0. The van der Waals surface area contributed by atoms with Crippen LogP contribution in [0.5, 0.6) is 0 Å². The van der Waals surface area contributed by atoms with Crippen molar-refractivity contribution in [3.63, 3.8) is 0 Å². The van der Waals surface area contributed by atoms with Crippen molar-refractivity contribution < 1.29 is 8.91 Å². The molecular weight excluding hydrogens is 194 g/mol. The highest BCUT2D eigenvalue weighted by molar-refractivity contribution is 9.10. The molecule has 52 valence electrons. The van der Waals surface area contributed by atoms with Crippen molar-refractivity contribution in [2.45, 2.75) is 6.85 Å². The van der Waals surface area contributed by atoms with Gasteiger partial charge in [-0.15, -0.1) is 0 Å². The van der Waals surface area contributed by atoms with Crippen molar-refractivity contribution in [3.05, 3.63) is 28.5 Å². The minimum absolute atomic E-state index is 0.141. The number of rotatable bonds is 1. The second kappa shape index (κ2) is 2.92. The van der Waals surface area contributed by atoms with Gasteiger partial charge in [0.25, 0.3) is 0 Å². The van der Waals surface area contributed by atoms with Crippen LogP contribution in [-0.4, -0.2) is 10.8 Å². The number of ketones is 1. The summed E-state index contributed by atoms with van der Waals surface area (Å²) in [6, 6.07) is 2.76. The first-order valence-electron chi connectivity index (χ1n) is 4.07. The third kappa shape index (κ3) is 1.64. The molecule has 0 aliphatic rings. The van der Waals surface area contributed by atoms with Gasteiger partial charge in [-0.3, -0.25) is 4.79 Å². The van der Waals surface area contributed by atoms with Crippen LogP contribution in [0.25, 0.3) is 0 Å². The van der Waals surface area contributed by atoms with Crippen LogP contribution < -0.4 is 0 Å². The third-order valence-electron chi connectivity index (χ3n) is 0.989. The summed E-state index contributed by atoms with van der Waals surface area (Å²) in [5, 5.41) is 0. The maximum Gasteiger partial charge on any atom is 0.159 e. The van der Waals surface area contributed by atoms with E-state index >= 15 is 0 Å². The van der Waals surface area contributed by atoms with Crippen LogP contribution in [0, 0.1) is 0 Å². The summed E-state index contributed by atoms with van der Waals surface area (Å²) >= 11 is 3.05. The SMILES string of the molecule is [2H]C([2H])([2H])C(=O)c1ccnc(Br)c1. The summed E-state index contributed by atoms with van der Waals surface area (Å²) in [6.45, 7) is -2.58. The fourth-order valence-electron chi connectivity index (χ4n) is 0.544. The summed E-state index contributed by atoms with van der Waals surface area (Å²) < 4.78 is 21.1. The highest BCUT2D eigenvalue weighted by Gasteiger charge is 1.97. The number of Topliss-reactive ketones (excluding diaryl/α,β-unsaturated/α-hetero) is 1. The van der Waals surface area contributed by atoms with Gasteiger partial charge >= 0.3 is 0 Å². The van der Waals surface area contributed by atoms with Gasteiger partial charge in [-0.1, -0.05) is 0 Å². The van der Waals surface area contributed by atoms with Crippen molar-refractivity contribution in [2.24, 2.45) is 0 Å². The van der Waals surface area contributed by atoms with Crippen molar-refractivity contribution in [1.82, 2.24) is 4.98 Å². The molecule has 0 saturated carbocycles. The number of hydrogen-bond donors (Lipinski definition) is 0. The Labute approximate surface area is 71.6 Å². The highest BCUT2D eigenvalue weighted by atomic mass is 79.9. The number of pyridine rings is 1. The minimum Gasteiger partial charge on any atom is -0.295 e. The number of aromatic nitrogens is 1. The normalized spacial score (nSPS) is 15.1. The topological polar surface area (TPSA) is 30.0 Å². The molecule has 0 radical (unpaired) electrons. The van der Waals surface area contributed by atoms with Crippen molar-refractivity contribution in [2.75, 3.05) is 0 Å². The summed E-state index contributed by atoms with van der Waals surface area (Å²) in [6.07, 6.45) is 1.38. The van der Waals surface area contributed by atoms with Crippen LogP contribution in [0.2, 0.25) is 0 Å². The maximum absolute atomic E-state index is 11.2. The van der Waals surface area contributed by atoms with Gasteiger partial charge in [0, 0.05) is 15.9 Å². The molecule has 3 heteroatoms. The van der Waals surface area contributed by atoms with Crippen LogP contribution >= 0.6 is 15.9 Å². The van der Waals surface area contributed by atoms with E-state index in [0.29, 0.717) is 4.60 Å². The standard InChI is InChI=1S/C7H6BrNO/c1-5(10)6-2-3-9-7(8)4-6/h2-4H,1H3/i1D3. The van der Waals surface area contributed by atoms with E-state index in [0.717, 1.165) is 0 Å². The largest absolute Gasteiger partial charge is 0.295 e. The van der Waals surface area contributed by atoms with Gasteiger partial charge in [-0.05, 0) is 34.9 Å². The van der Waals surface area contributed by atoms with Crippen LogP contribution in [0.1, 0.15) is 21.3 Å². The summed E-state index contributed by atoms with van der Waals surface area (Å²) in [5.41, 5.74) is 0.141. The molecule has 0 aliphatic heterocycles. The van der Waals surface area contributed by atoms with E-state index < -0.39 is 12.6 Å². The van der Waals surface area contributed by atoms with Crippen molar-refractivity contribution >= 4 is 21.7 Å². The molecule has 0 bridgehead atoms. The van der Waals surface area contributed by atoms with Crippen LogP contribution in [-0.2, 0) is 0 Å². The molecule has 1 rings (SSSR count). The smallest absolute Gasteiger partial charge is 0.159 e.